The van der Waals surface area contributed by atoms with Gasteiger partial charge in [-0.1, -0.05) is 0 Å². The van der Waals surface area contributed by atoms with Crippen LogP contribution in [0.3, 0.4) is 0 Å². The van der Waals surface area contributed by atoms with Gasteiger partial charge >= 0.3 is 0 Å². The van der Waals surface area contributed by atoms with Gasteiger partial charge in [0, 0.05) is 6.07 Å². The van der Waals surface area contributed by atoms with Gasteiger partial charge < -0.3 is 0 Å². The van der Waals surface area contributed by atoms with Crippen molar-refractivity contribution >= 4 is 48.7 Å². The molecule has 0 amide bonds. The lowest BCUT2D eigenvalue weighted by Gasteiger charge is -2.06. The highest BCUT2D eigenvalue weighted by Crippen LogP contribution is 2.29. The number of anilines is 1. The molecule has 0 radical (unpaired) electrons. The second kappa shape index (κ2) is 5.46. The van der Waals surface area contributed by atoms with Crippen LogP contribution in [-0.2, 0) is 10.0 Å². The van der Waals surface area contributed by atoms with Gasteiger partial charge in [0.25, 0.3) is 15.7 Å². The number of nitrogens with zero attached hydrogens (tertiary/aromatic N) is 1. The van der Waals surface area contributed by atoms with Crippen LogP contribution >= 0.6 is 27.3 Å². The molecule has 0 spiro atoms. The minimum Gasteiger partial charge on any atom is -0.276 e. The second-order valence-corrected chi connectivity index (χ2v) is 7.96. The SMILES string of the molecule is O=[N+]([O-])c1ccc(NS(=O)(=O)c2ccc(Br)s2)c(F)c1. The Balaban J connectivity index is 2.32. The van der Waals surface area contributed by atoms with Crippen LogP contribution in [0.1, 0.15) is 0 Å². The number of nitrogens with one attached hydrogen (secondary N) is 1. The number of sulfonamides is 1. The largest absolute Gasteiger partial charge is 0.276 e. The van der Waals surface area contributed by atoms with E-state index in [0.717, 1.165) is 23.5 Å². The van der Waals surface area contributed by atoms with Crippen LogP contribution in [0.15, 0.2) is 38.3 Å². The molecule has 0 fully saturated rings. The number of non-ortho nitro benzene ring substituents is 1. The van der Waals surface area contributed by atoms with Gasteiger partial charge in [0.2, 0.25) is 0 Å². The molecule has 0 aliphatic carbocycles. The van der Waals surface area contributed by atoms with E-state index in [2.05, 4.69) is 15.9 Å². The Bertz CT molecular complexity index is 775. The Morgan fingerprint density at radius 1 is 1.30 bits per heavy atom. The zero-order valence-corrected chi connectivity index (χ0v) is 12.8. The maximum Gasteiger partial charge on any atom is 0.272 e. The van der Waals surface area contributed by atoms with E-state index in [9.17, 15) is 22.9 Å². The van der Waals surface area contributed by atoms with E-state index in [1.165, 1.54) is 6.07 Å². The predicted octanol–water partition coefficient (Wildman–Crippen LogP) is 3.36. The molecule has 1 aromatic heterocycles. The molecule has 6 nitrogen and oxygen atoms in total. The van der Waals surface area contributed by atoms with Gasteiger partial charge in [0.15, 0.2) is 5.82 Å². The number of hydrogen-bond donors (Lipinski definition) is 1. The Morgan fingerprint density at radius 2 is 2.00 bits per heavy atom. The average molecular weight is 381 g/mol. The lowest BCUT2D eigenvalue weighted by molar-refractivity contribution is -0.385. The van der Waals surface area contributed by atoms with Crippen molar-refractivity contribution in [2.75, 3.05) is 4.72 Å². The molecular formula is C10H6BrFN2O4S2. The standard InChI is InChI=1S/C10H6BrFN2O4S2/c11-9-3-4-10(19-9)20(17,18)13-8-2-1-6(14(15)16)5-7(8)12/h1-5,13H. The van der Waals surface area contributed by atoms with Crippen LogP contribution in [0.5, 0.6) is 0 Å². The first-order chi connectivity index (χ1) is 9.29. The molecule has 1 N–H and O–H groups in total. The molecule has 2 aromatic rings. The van der Waals surface area contributed by atoms with Crippen LogP contribution in [0.4, 0.5) is 15.8 Å². The number of rotatable bonds is 4. The molecule has 0 saturated heterocycles. The summed E-state index contributed by atoms with van der Waals surface area (Å²) in [5.41, 5.74) is -0.801. The first kappa shape index (κ1) is 14.9. The van der Waals surface area contributed by atoms with Crippen molar-refractivity contribution in [2.45, 2.75) is 4.21 Å². The zero-order valence-electron chi connectivity index (χ0n) is 9.54. The maximum atomic E-state index is 13.6. The van der Waals surface area contributed by atoms with Crippen molar-refractivity contribution in [1.29, 1.82) is 0 Å². The molecule has 1 aromatic carbocycles. The summed E-state index contributed by atoms with van der Waals surface area (Å²) in [6.07, 6.45) is 0. The molecule has 0 bridgehead atoms. The van der Waals surface area contributed by atoms with Crippen LogP contribution in [0.25, 0.3) is 0 Å². The topological polar surface area (TPSA) is 89.3 Å². The summed E-state index contributed by atoms with van der Waals surface area (Å²) >= 11 is 4.09. The van der Waals surface area contributed by atoms with Gasteiger partial charge in [-0.05, 0) is 34.1 Å². The molecule has 1 heterocycles. The molecular weight excluding hydrogens is 375 g/mol. The van der Waals surface area contributed by atoms with Crippen LogP contribution in [0.2, 0.25) is 0 Å². The fraction of sp³-hybridized carbons (Fsp3) is 0. The van der Waals surface area contributed by atoms with Crippen molar-refractivity contribution in [3.05, 3.63) is 50.0 Å². The van der Waals surface area contributed by atoms with Crippen molar-refractivity contribution in [2.24, 2.45) is 0 Å². The van der Waals surface area contributed by atoms with Crippen molar-refractivity contribution in [3.8, 4) is 0 Å². The lowest BCUT2D eigenvalue weighted by Crippen LogP contribution is -2.12. The number of halogens is 2. The third-order valence-corrected chi connectivity index (χ3v) is 5.70. The maximum absolute atomic E-state index is 13.6. The van der Waals surface area contributed by atoms with Crippen LogP contribution < -0.4 is 4.72 Å². The first-order valence-corrected chi connectivity index (χ1v) is 8.11. The highest BCUT2D eigenvalue weighted by atomic mass is 79.9. The highest BCUT2D eigenvalue weighted by Gasteiger charge is 2.19. The predicted molar refractivity (Wildman–Crippen MR) is 75.9 cm³/mol. The molecule has 0 unspecified atom stereocenters. The van der Waals surface area contributed by atoms with E-state index >= 15 is 0 Å². The zero-order chi connectivity index (χ0) is 14.9. The Labute approximate surface area is 125 Å². The van der Waals surface area contributed by atoms with Crippen LogP contribution in [0, 0.1) is 15.9 Å². The molecule has 0 aliphatic rings. The molecule has 0 aliphatic heterocycles. The summed E-state index contributed by atoms with van der Waals surface area (Å²) in [4.78, 5) is 9.70. The fourth-order valence-corrected chi connectivity index (χ4v) is 4.41. The lowest BCUT2D eigenvalue weighted by atomic mass is 10.3. The molecule has 10 heteroatoms. The summed E-state index contributed by atoms with van der Waals surface area (Å²) in [6.45, 7) is 0. The summed E-state index contributed by atoms with van der Waals surface area (Å²) in [6, 6.07) is 5.59. The van der Waals surface area contributed by atoms with E-state index in [4.69, 9.17) is 0 Å². The second-order valence-electron chi connectivity index (χ2n) is 3.59. The number of thiophene rings is 1. The molecule has 20 heavy (non-hydrogen) atoms. The van der Waals surface area contributed by atoms with Crippen molar-refractivity contribution in [3.63, 3.8) is 0 Å². The van der Waals surface area contributed by atoms with E-state index in [1.807, 2.05) is 4.72 Å². The smallest absolute Gasteiger partial charge is 0.272 e. The summed E-state index contributed by atoms with van der Waals surface area (Å²) < 4.78 is 40.2. The number of nitro benzene ring substituents is 1. The Kier molecular flexibility index (Phi) is 4.06. The summed E-state index contributed by atoms with van der Waals surface area (Å²) in [5, 5.41) is 10.5. The van der Waals surface area contributed by atoms with E-state index in [1.54, 1.807) is 6.07 Å². The third-order valence-electron chi connectivity index (χ3n) is 2.22. The Morgan fingerprint density at radius 3 is 2.50 bits per heavy atom. The fourth-order valence-electron chi connectivity index (χ4n) is 1.34. The van der Waals surface area contributed by atoms with Gasteiger partial charge in [-0.2, -0.15) is 0 Å². The molecule has 0 saturated carbocycles. The summed E-state index contributed by atoms with van der Waals surface area (Å²) in [7, 11) is -3.92. The van der Waals surface area contributed by atoms with Crippen LogP contribution in [-0.4, -0.2) is 13.3 Å². The number of nitro groups is 1. The van der Waals surface area contributed by atoms with Gasteiger partial charge in [0.05, 0.1) is 20.5 Å². The van der Waals surface area contributed by atoms with Gasteiger partial charge in [-0.15, -0.1) is 11.3 Å². The monoisotopic (exact) mass is 380 g/mol. The highest BCUT2D eigenvalue weighted by molar-refractivity contribution is 9.11. The van der Waals surface area contributed by atoms with Crippen molar-refractivity contribution in [1.82, 2.24) is 0 Å². The van der Waals surface area contributed by atoms with Gasteiger partial charge in [-0.25, -0.2) is 12.8 Å². The quantitative estimate of drug-likeness (QED) is 0.650. The average Bonchev–Trinajstić information content (AvgIpc) is 2.79. The molecule has 106 valence electrons. The minimum atomic E-state index is -3.92. The molecule has 0 atom stereocenters. The van der Waals surface area contributed by atoms with E-state index in [-0.39, 0.29) is 9.90 Å². The third kappa shape index (κ3) is 3.14. The van der Waals surface area contributed by atoms with Gasteiger partial charge in [-0.3, -0.25) is 14.8 Å². The normalized spacial score (nSPS) is 11.3. The summed E-state index contributed by atoms with van der Waals surface area (Å²) in [5.74, 6) is -1.02. The minimum absolute atomic E-state index is 0.00197. The van der Waals surface area contributed by atoms with Gasteiger partial charge in [0.1, 0.15) is 4.21 Å². The first-order valence-electron chi connectivity index (χ1n) is 5.02. The number of benzene rings is 1. The molecule has 2 rings (SSSR count). The van der Waals surface area contributed by atoms with E-state index in [0.29, 0.717) is 9.85 Å². The van der Waals surface area contributed by atoms with E-state index < -0.39 is 26.5 Å². The van der Waals surface area contributed by atoms with Crippen molar-refractivity contribution < 1.29 is 17.7 Å². The Hall–Kier alpha value is -1.52. The number of hydrogen-bond acceptors (Lipinski definition) is 5.